The van der Waals surface area contributed by atoms with Crippen molar-refractivity contribution >= 4 is 18.4 Å². The number of rotatable bonds is 2. The molecular formula is C13H17N3O4S. The van der Waals surface area contributed by atoms with E-state index in [-0.39, 0.29) is 23.8 Å². The molecular weight excluding hydrogens is 294 g/mol. The molecule has 3 N–H and O–H groups in total. The van der Waals surface area contributed by atoms with E-state index in [9.17, 15) is 9.90 Å². The fourth-order valence-corrected chi connectivity index (χ4v) is 4.12. The van der Waals surface area contributed by atoms with Gasteiger partial charge in [-0.3, -0.25) is 4.57 Å². The third-order valence-electron chi connectivity index (χ3n) is 4.92. The molecule has 7 nitrogen and oxygen atoms in total. The van der Waals surface area contributed by atoms with Crippen molar-refractivity contribution in [3.63, 3.8) is 0 Å². The van der Waals surface area contributed by atoms with Crippen molar-refractivity contribution in [3.05, 3.63) is 22.2 Å². The highest BCUT2D eigenvalue weighted by Gasteiger charge is 2.77. The van der Waals surface area contributed by atoms with Crippen LogP contribution in [0.5, 0.6) is 0 Å². The summed E-state index contributed by atoms with van der Waals surface area (Å²) in [6.07, 6.45) is 2.30. The number of aryl methyl sites for hydroxylation is 1. The summed E-state index contributed by atoms with van der Waals surface area (Å²) in [6, 6.07) is 0. The number of aromatic nitrogens is 2. The summed E-state index contributed by atoms with van der Waals surface area (Å²) >= 11 is 4.58. The molecule has 2 bridgehead atoms. The molecule has 3 heterocycles. The van der Waals surface area contributed by atoms with Crippen molar-refractivity contribution in [1.82, 2.24) is 9.55 Å². The summed E-state index contributed by atoms with van der Waals surface area (Å²) in [5.41, 5.74) is 4.57. The van der Waals surface area contributed by atoms with Gasteiger partial charge >= 0.3 is 5.69 Å². The molecule has 2 unspecified atom stereocenters. The lowest BCUT2D eigenvalue weighted by Gasteiger charge is -2.37. The van der Waals surface area contributed by atoms with Crippen LogP contribution in [0.4, 0.5) is 5.82 Å². The zero-order valence-corrected chi connectivity index (χ0v) is 12.4. The number of thiol groups is 1. The van der Waals surface area contributed by atoms with Crippen LogP contribution < -0.4 is 11.4 Å². The van der Waals surface area contributed by atoms with Gasteiger partial charge in [-0.1, -0.05) is 0 Å². The molecule has 8 heteroatoms. The number of nitrogens with two attached hydrogens (primary N) is 1. The Kier molecular flexibility index (Phi) is 2.59. The maximum Gasteiger partial charge on any atom is 0.351 e. The van der Waals surface area contributed by atoms with Gasteiger partial charge in [0.2, 0.25) is 0 Å². The molecule has 0 aromatic carbocycles. The average Bonchev–Trinajstić information content (AvgIpc) is 3.12. The largest absolute Gasteiger partial charge is 0.393 e. The average molecular weight is 311 g/mol. The summed E-state index contributed by atoms with van der Waals surface area (Å²) in [7, 11) is 0. The van der Waals surface area contributed by atoms with Crippen LogP contribution >= 0.6 is 12.6 Å². The fourth-order valence-electron chi connectivity index (χ4n) is 3.54. The molecule has 0 radical (unpaired) electrons. The minimum atomic E-state index is -0.847. The van der Waals surface area contributed by atoms with Gasteiger partial charge in [0.15, 0.2) is 6.23 Å². The van der Waals surface area contributed by atoms with Gasteiger partial charge in [-0.15, -0.1) is 0 Å². The first-order valence-corrected chi connectivity index (χ1v) is 7.46. The zero-order valence-electron chi connectivity index (χ0n) is 11.5. The lowest BCUT2D eigenvalue weighted by molar-refractivity contribution is -0.233. The number of nitrogen functional groups attached to an aromatic ring is 1. The van der Waals surface area contributed by atoms with Crippen LogP contribution in [0.2, 0.25) is 0 Å². The van der Waals surface area contributed by atoms with Crippen LogP contribution in [0.1, 0.15) is 24.6 Å². The second kappa shape index (κ2) is 4.01. The third kappa shape index (κ3) is 1.51. The Hall–Kier alpha value is -1.09. The van der Waals surface area contributed by atoms with Crippen molar-refractivity contribution in [2.45, 2.75) is 48.5 Å². The number of anilines is 1. The molecule has 1 aromatic heterocycles. The van der Waals surface area contributed by atoms with Gasteiger partial charge in [0.1, 0.15) is 23.1 Å². The maximum absolute atomic E-state index is 12.1. The maximum atomic E-state index is 12.1. The smallest absolute Gasteiger partial charge is 0.351 e. The normalized spacial score (nSPS) is 39.1. The first-order chi connectivity index (χ1) is 9.94. The number of fused-ring (bicyclic) bond motifs is 3. The van der Waals surface area contributed by atoms with E-state index in [2.05, 4.69) is 17.6 Å². The Morgan fingerprint density at radius 1 is 1.57 bits per heavy atom. The third-order valence-corrected chi connectivity index (χ3v) is 5.63. The Morgan fingerprint density at radius 2 is 2.29 bits per heavy atom. The van der Waals surface area contributed by atoms with Crippen LogP contribution in [-0.2, 0) is 9.47 Å². The second-order valence-electron chi connectivity index (χ2n) is 6.08. The minimum Gasteiger partial charge on any atom is -0.393 e. The summed E-state index contributed by atoms with van der Waals surface area (Å²) in [5, 5.41) is 9.57. The molecule has 0 amide bonds. The first kappa shape index (κ1) is 13.6. The van der Waals surface area contributed by atoms with Crippen LogP contribution in [0.15, 0.2) is 11.0 Å². The monoisotopic (exact) mass is 311 g/mol. The SMILES string of the molecule is Cc1cn([C@@H]2O[C@]3(CO)C(S)C2OC32CC2)c(=O)nc1N. The van der Waals surface area contributed by atoms with Gasteiger partial charge in [0.05, 0.1) is 11.9 Å². The standard InChI is InChI=1S/C13H17N3O4S/c1-6-4-16(11(18)15-9(6)14)10-7-8(21)13(5-17,20-10)12(19-7)2-3-12/h4,7-8,10,17,21H,2-3,5H2,1H3,(H2,14,15,18)/t7?,8?,10-,13-/m1/s1. The van der Waals surface area contributed by atoms with E-state index in [4.69, 9.17) is 15.2 Å². The first-order valence-electron chi connectivity index (χ1n) is 6.94. The molecule has 3 fully saturated rings. The molecule has 4 atom stereocenters. The Labute approximate surface area is 126 Å². The minimum absolute atomic E-state index is 0.176. The van der Waals surface area contributed by atoms with Crippen molar-refractivity contribution in [2.75, 3.05) is 12.3 Å². The summed E-state index contributed by atoms with van der Waals surface area (Å²) in [5.74, 6) is 0.207. The Morgan fingerprint density at radius 3 is 2.90 bits per heavy atom. The molecule has 3 aliphatic rings. The predicted octanol–water partition coefficient (Wildman–Crippen LogP) is -0.376. The van der Waals surface area contributed by atoms with Gasteiger partial charge in [-0.05, 0) is 19.8 Å². The van der Waals surface area contributed by atoms with Gasteiger partial charge in [-0.2, -0.15) is 17.6 Å². The molecule has 2 aliphatic heterocycles. The number of hydrogen-bond acceptors (Lipinski definition) is 7. The van der Waals surface area contributed by atoms with E-state index in [1.807, 2.05) is 0 Å². The van der Waals surface area contributed by atoms with Crippen LogP contribution in [0, 0.1) is 6.92 Å². The number of hydrogen-bond donors (Lipinski definition) is 3. The van der Waals surface area contributed by atoms with E-state index in [1.54, 1.807) is 13.1 Å². The second-order valence-corrected chi connectivity index (χ2v) is 6.63. The highest BCUT2D eigenvalue weighted by atomic mass is 32.1. The summed E-state index contributed by atoms with van der Waals surface area (Å²) in [6.45, 7) is 1.60. The molecule has 1 spiro atoms. The molecule has 1 saturated carbocycles. The van der Waals surface area contributed by atoms with E-state index in [0.717, 1.165) is 12.8 Å². The highest BCUT2D eigenvalue weighted by molar-refractivity contribution is 7.81. The molecule has 2 saturated heterocycles. The van der Waals surface area contributed by atoms with Crippen molar-refractivity contribution in [1.29, 1.82) is 0 Å². The number of aliphatic hydroxyl groups excluding tert-OH is 1. The predicted molar refractivity (Wildman–Crippen MR) is 77.2 cm³/mol. The van der Waals surface area contributed by atoms with Gasteiger partial charge < -0.3 is 20.3 Å². The number of aliphatic hydroxyl groups is 1. The lowest BCUT2D eigenvalue weighted by atomic mass is 9.94. The van der Waals surface area contributed by atoms with Crippen molar-refractivity contribution in [3.8, 4) is 0 Å². The van der Waals surface area contributed by atoms with E-state index in [1.165, 1.54) is 4.57 Å². The van der Waals surface area contributed by atoms with Gasteiger partial charge in [-0.25, -0.2) is 4.79 Å². The van der Waals surface area contributed by atoms with Gasteiger partial charge in [0.25, 0.3) is 0 Å². The van der Waals surface area contributed by atoms with E-state index in [0.29, 0.717) is 5.56 Å². The molecule has 114 valence electrons. The van der Waals surface area contributed by atoms with Crippen molar-refractivity contribution in [2.24, 2.45) is 0 Å². The quantitative estimate of drug-likeness (QED) is 0.644. The summed E-state index contributed by atoms with van der Waals surface area (Å²) in [4.78, 5) is 15.9. The fraction of sp³-hybridized carbons (Fsp3) is 0.692. The molecule has 1 aliphatic carbocycles. The lowest BCUT2D eigenvalue weighted by Crippen LogP contribution is -2.51. The topological polar surface area (TPSA) is 99.6 Å². The molecule has 4 rings (SSSR count). The van der Waals surface area contributed by atoms with Crippen LogP contribution in [0.25, 0.3) is 0 Å². The molecule has 1 aromatic rings. The summed E-state index contributed by atoms with van der Waals surface area (Å²) < 4.78 is 13.5. The van der Waals surface area contributed by atoms with E-state index >= 15 is 0 Å². The highest BCUT2D eigenvalue weighted by Crippen LogP contribution is 2.65. The Bertz CT molecular complexity index is 674. The van der Waals surface area contributed by atoms with Crippen LogP contribution in [0.3, 0.4) is 0 Å². The van der Waals surface area contributed by atoms with Crippen LogP contribution in [-0.4, -0.2) is 43.8 Å². The molecule has 21 heavy (non-hydrogen) atoms. The van der Waals surface area contributed by atoms with Crippen molar-refractivity contribution < 1.29 is 14.6 Å². The van der Waals surface area contributed by atoms with E-state index < -0.39 is 23.1 Å². The van der Waals surface area contributed by atoms with Gasteiger partial charge in [0, 0.05) is 11.8 Å². The Balaban J connectivity index is 1.77. The number of ether oxygens (including phenoxy) is 2. The zero-order chi connectivity index (χ0) is 15.0. The number of nitrogens with zero attached hydrogens (tertiary/aromatic N) is 2.